The van der Waals surface area contributed by atoms with E-state index in [1.807, 2.05) is 0 Å². The molecule has 0 aromatic carbocycles. The van der Waals surface area contributed by atoms with E-state index in [1.165, 1.54) is 0 Å². The van der Waals surface area contributed by atoms with Crippen molar-refractivity contribution in [2.24, 2.45) is 5.29 Å². The highest BCUT2D eigenvalue weighted by molar-refractivity contribution is 6.18. The standard InChI is InChI=1S/C3H5ClN3O2/c4-1-2-7(6-9)3(5)8/h5H,1-2H2. The van der Waals surface area contributed by atoms with Gasteiger partial charge in [-0.1, -0.05) is 0 Å². The number of amides is 2. The molecule has 0 aromatic rings. The number of carbonyl (C=O) groups is 1. The molecule has 0 saturated heterocycles. The van der Waals surface area contributed by atoms with E-state index in [0.29, 0.717) is 5.01 Å². The zero-order valence-corrected chi connectivity index (χ0v) is 5.26. The maximum absolute atomic E-state index is 10.0. The molecule has 0 rings (SSSR count). The zero-order valence-electron chi connectivity index (χ0n) is 4.50. The molecule has 0 atom stereocenters. The van der Waals surface area contributed by atoms with E-state index >= 15 is 0 Å². The molecule has 9 heavy (non-hydrogen) atoms. The molecule has 2 amide bonds. The van der Waals surface area contributed by atoms with E-state index in [2.05, 4.69) is 5.29 Å². The van der Waals surface area contributed by atoms with Gasteiger partial charge in [-0.05, 0) is 0 Å². The first-order valence-corrected chi connectivity index (χ1v) is 2.68. The third-order valence-electron chi connectivity index (χ3n) is 0.629. The monoisotopic (exact) mass is 150 g/mol. The summed E-state index contributed by atoms with van der Waals surface area (Å²) in [5.41, 5.74) is 6.37. The molecule has 5 nitrogen and oxygen atoms in total. The summed E-state index contributed by atoms with van der Waals surface area (Å²) in [6.45, 7) is -0.00656. The topological polar surface area (TPSA) is 73.5 Å². The van der Waals surface area contributed by atoms with Gasteiger partial charge in [-0.25, -0.2) is 10.5 Å². The molecule has 0 aromatic heterocycles. The molecular weight excluding hydrogens is 146 g/mol. The van der Waals surface area contributed by atoms with Crippen molar-refractivity contribution >= 4 is 17.6 Å². The number of rotatable bonds is 3. The van der Waals surface area contributed by atoms with Crippen molar-refractivity contribution in [3.63, 3.8) is 0 Å². The number of nitroso groups, excluding NO2 is 1. The van der Waals surface area contributed by atoms with E-state index in [9.17, 15) is 9.70 Å². The van der Waals surface area contributed by atoms with Gasteiger partial charge in [0, 0.05) is 5.88 Å². The lowest BCUT2D eigenvalue weighted by atomic mass is 10.7. The third-order valence-corrected chi connectivity index (χ3v) is 0.798. The molecule has 0 aliphatic carbocycles. The number of hydrogen-bond acceptors (Lipinski definition) is 3. The van der Waals surface area contributed by atoms with Gasteiger partial charge >= 0.3 is 6.03 Å². The van der Waals surface area contributed by atoms with E-state index in [-0.39, 0.29) is 12.4 Å². The predicted octanol–water partition coefficient (Wildman–Crippen LogP) is 0.611. The Morgan fingerprint density at radius 3 is 2.44 bits per heavy atom. The van der Waals surface area contributed by atoms with Crippen LogP contribution in [0, 0.1) is 4.91 Å². The molecule has 0 aliphatic heterocycles. The first-order valence-electron chi connectivity index (χ1n) is 2.14. The highest BCUT2D eigenvalue weighted by atomic mass is 35.5. The Balaban J connectivity index is 3.68. The van der Waals surface area contributed by atoms with E-state index in [4.69, 9.17) is 17.3 Å². The summed E-state index contributed by atoms with van der Waals surface area (Å²) >= 11 is 5.14. The molecule has 6 heteroatoms. The Labute approximate surface area is 56.7 Å². The largest absolute Gasteiger partial charge is 0.359 e. The second-order valence-electron chi connectivity index (χ2n) is 1.20. The third kappa shape index (κ3) is 2.86. The fraction of sp³-hybridized carbons (Fsp3) is 0.667. The molecule has 0 aliphatic rings. The molecule has 0 unspecified atom stereocenters. The Bertz CT molecular complexity index is 118. The average molecular weight is 151 g/mol. The van der Waals surface area contributed by atoms with Crippen molar-refractivity contribution in [1.29, 1.82) is 0 Å². The normalized spacial score (nSPS) is 8.56. The molecule has 0 heterocycles. The fourth-order valence-corrected chi connectivity index (χ4v) is 0.420. The SMILES string of the molecule is [NH]C(=O)N(CCCl)N=O. The van der Waals surface area contributed by atoms with Crippen molar-refractivity contribution in [3.05, 3.63) is 4.91 Å². The van der Waals surface area contributed by atoms with Crippen molar-refractivity contribution in [1.82, 2.24) is 10.7 Å². The smallest absolute Gasteiger partial charge is 0.246 e. The van der Waals surface area contributed by atoms with Crippen LogP contribution in [0.2, 0.25) is 0 Å². The van der Waals surface area contributed by atoms with E-state index in [1.54, 1.807) is 0 Å². The van der Waals surface area contributed by atoms with E-state index in [0.717, 1.165) is 0 Å². The Morgan fingerprint density at radius 1 is 1.78 bits per heavy atom. The lowest BCUT2D eigenvalue weighted by Gasteiger charge is -2.04. The highest BCUT2D eigenvalue weighted by Gasteiger charge is 2.07. The van der Waals surface area contributed by atoms with Crippen molar-refractivity contribution in [2.75, 3.05) is 12.4 Å². The predicted molar refractivity (Wildman–Crippen MR) is 31.7 cm³/mol. The number of alkyl halides is 1. The van der Waals surface area contributed by atoms with Crippen molar-refractivity contribution in [3.8, 4) is 0 Å². The minimum Gasteiger partial charge on any atom is -0.246 e. The summed E-state index contributed by atoms with van der Waals surface area (Å²) in [6.07, 6.45) is 0. The van der Waals surface area contributed by atoms with Crippen molar-refractivity contribution < 1.29 is 4.79 Å². The number of hydrogen-bond donors (Lipinski definition) is 0. The average Bonchev–Trinajstić information content (AvgIpc) is 1.82. The summed E-state index contributed by atoms with van der Waals surface area (Å²) in [4.78, 5) is 19.6. The summed E-state index contributed by atoms with van der Waals surface area (Å²) in [5, 5.41) is 2.68. The highest BCUT2D eigenvalue weighted by Crippen LogP contribution is 1.89. The van der Waals surface area contributed by atoms with Crippen LogP contribution >= 0.6 is 11.6 Å². The van der Waals surface area contributed by atoms with Gasteiger partial charge in [0.2, 0.25) is 0 Å². The molecule has 0 bridgehead atoms. The summed E-state index contributed by atoms with van der Waals surface area (Å²) in [6, 6.07) is -1.13. The number of nitrogens with zero attached hydrogens (tertiary/aromatic N) is 2. The van der Waals surface area contributed by atoms with E-state index < -0.39 is 6.03 Å². The maximum Gasteiger partial charge on any atom is 0.359 e. The van der Waals surface area contributed by atoms with Crippen LogP contribution in [0.3, 0.4) is 0 Å². The fourth-order valence-electron chi connectivity index (χ4n) is 0.260. The van der Waals surface area contributed by atoms with Crippen LogP contribution in [0.15, 0.2) is 5.29 Å². The van der Waals surface area contributed by atoms with Crippen LogP contribution < -0.4 is 5.73 Å². The number of nitrogens with one attached hydrogen (secondary N) is 1. The van der Waals surface area contributed by atoms with Crippen LogP contribution in [0.1, 0.15) is 0 Å². The van der Waals surface area contributed by atoms with Crippen LogP contribution in [0.25, 0.3) is 0 Å². The zero-order chi connectivity index (χ0) is 7.28. The lowest BCUT2D eigenvalue weighted by Crippen LogP contribution is -2.26. The van der Waals surface area contributed by atoms with Crippen LogP contribution in [0.5, 0.6) is 0 Å². The number of halogens is 1. The maximum atomic E-state index is 10.0. The van der Waals surface area contributed by atoms with Gasteiger partial charge in [0.05, 0.1) is 11.8 Å². The second-order valence-corrected chi connectivity index (χ2v) is 1.58. The van der Waals surface area contributed by atoms with Gasteiger partial charge in [-0.15, -0.1) is 16.5 Å². The molecule has 51 valence electrons. The van der Waals surface area contributed by atoms with Crippen molar-refractivity contribution in [2.45, 2.75) is 0 Å². The van der Waals surface area contributed by atoms with Crippen LogP contribution in [-0.4, -0.2) is 23.5 Å². The second kappa shape index (κ2) is 4.08. The van der Waals surface area contributed by atoms with Crippen LogP contribution in [-0.2, 0) is 0 Å². The minimum absolute atomic E-state index is 0.00656. The summed E-state index contributed by atoms with van der Waals surface area (Å²) in [7, 11) is 0. The van der Waals surface area contributed by atoms with Gasteiger partial charge < -0.3 is 0 Å². The Morgan fingerprint density at radius 2 is 2.33 bits per heavy atom. The first kappa shape index (κ1) is 8.16. The Kier molecular flexibility index (Phi) is 3.70. The number of carbonyl (C=O) groups excluding carboxylic acids is 1. The lowest BCUT2D eigenvalue weighted by molar-refractivity contribution is 0.210. The molecule has 1 N–H and O–H groups in total. The van der Waals surface area contributed by atoms with Gasteiger partial charge in [-0.2, -0.15) is 5.01 Å². The summed E-state index contributed by atoms with van der Waals surface area (Å²) in [5.74, 6) is 0.108. The van der Waals surface area contributed by atoms with Crippen LogP contribution in [0.4, 0.5) is 4.79 Å². The number of urea groups is 1. The van der Waals surface area contributed by atoms with Gasteiger partial charge in [0.1, 0.15) is 0 Å². The quantitative estimate of drug-likeness (QED) is 0.336. The molecular formula is C3H5ClN3O2. The van der Waals surface area contributed by atoms with Gasteiger partial charge in [0.25, 0.3) is 0 Å². The summed E-state index contributed by atoms with van der Waals surface area (Å²) < 4.78 is 0. The van der Waals surface area contributed by atoms with Gasteiger partial charge in [0.15, 0.2) is 0 Å². The first-order chi connectivity index (χ1) is 4.22. The molecule has 1 radical (unpaired) electrons. The minimum atomic E-state index is -1.13. The van der Waals surface area contributed by atoms with Gasteiger partial charge in [-0.3, -0.25) is 0 Å². The molecule has 0 saturated carbocycles. The Hall–Kier alpha value is -0.840. The molecule has 0 fully saturated rings. The molecule has 0 spiro atoms.